The van der Waals surface area contributed by atoms with Gasteiger partial charge in [-0.2, -0.15) is 0 Å². The molecule has 20 heavy (non-hydrogen) atoms. The lowest BCUT2D eigenvalue weighted by atomic mass is 9.86. The Balaban J connectivity index is 2.25. The third-order valence-corrected chi connectivity index (χ3v) is 4.94. The molecule has 0 aliphatic rings. The molecule has 0 radical (unpaired) electrons. The topological polar surface area (TPSA) is 26.0 Å². The van der Waals surface area contributed by atoms with Gasteiger partial charge in [0, 0.05) is 15.8 Å². The van der Waals surface area contributed by atoms with Gasteiger partial charge in [-0.05, 0) is 34.6 Å². The minimum absolute atomic E-state index is 0.141. The first kappa shape index (κ1) is 15.3. The molecule has 0 spiro atoms. The molecular formula is C18H25NS. The maximum absolute atomic E-state index is 6.22. The van der Waals surface area contributed by atoms with E-state index in [1.165, 1.54) is 20.9 Å². The number of thiophene rings is 1. The molecule has 1 aromatic heterocycles. The smallest absolute Gasteiger partial charge is 0.0413 e. The molecule has 1 atom stereocenters. The van der Waals surface area contributed by atoms with E-state index in [-0.39, 0.29) is 11.5 Å². The van der Waals surface area contributed by atoms with E-state index in [1.807, 2.05) is 11.3 Å². The molecule has 0 saturated heterocycles. The minimum Gasteiger partial charge on any atom is -0.323 e. The first-order valence-electron chi connectivity index (χ1n) is 7.25. The van der Waals surface area contributed by atoms with Crippen molar-refractivity contribution in [1.82, 2.24) is 0 Å². The maximum atomic E-state index is 6.22. The fourth-order valence-electron chi connectivity index (χ4n) is 2.15. The average Bonchev–Trinajstić information content (AvgIpc) is 2.86. The Hall–Kier alpha value is -1.12. The van der Waals surface area contributed by atoms with E-state index < -0.39 is 0 Å². The van der Waals surface area contributed by atoms with Crippen molar-refractivity contribution in [2.45, 2.75) is 46.1 Å². The zero-order valence-electron chi connectivity index (χ0n) is 13.1. The van der Waals surface area contributed by atoms with Crippen LogP contribution in [-0.4, -0.2) is 0 Å². The molecule has 2 heteroatoms. The van der Waals surface area contributed by atoms with E-state index in [4.69, 9.17) is 5.73 Å². The molecule has 1 heterocycles. The second-order valence-electron chi connectivity index (χ2n) is 6.80. The highest BCUT2D eigenvalue weighted by Gasteiger charge is 2.15. The maximum Gasteiger partial charge on any atom is 0.0413 e. The highest BCUT2D eigenvalue weighted by atomic mass is 32.1. The molecule has 0 aliphatic heterocycles. The van der Waals surface area contributed by atoms with Crippen LogP contribution in [0.5, 0.6) is 0 Å². The van der Waals surface area contributed by atoms with Gasteiger partial charge in [0.1, 0.15) is 0 Å². The first-order chi connectivity index (χ1) is 9.29. The summed E-state index contributed by atoms with van der Waals surface area (Å²) < 4.78 is 0. The van der Waals surface area contributed by atoms with Crippen LogP contribution in [0.25, 0.3) is 10.4 Å². The van der Waals surface area contributed by atoms with Crippen molar-refractivity contribution in [2.24, 2.45) is 11.7 Å². The molecule has 1 unspecified atom stereocenters. The van der Waals surface area contributed by atoms with Gasteiger partial charge < -0.3 is 5.73 Å². The summed E-state index contributed by atoms with van der Waals surface area (Å²) in [5.74, 6) is 0.477. The van der Waals surface area contributed by atoms with Crippen LogP contribution in [0, 0.1) is 5.92 Å². The van der Waals surface area contributed by atoms with E-state index in [0.717, 1.165) is 0 Å². The number of rotatable bonds is 3. The van der Waals surface area contributed by atoms with Crippen LogP contribution in [0.1, 0.15) is 51.1 Å². The van der Waals surface area contributed by atoms with Crippen molar-refractivity contribution in [3.63, 3.8) is 0 Å². The SMILES string of the molecule is CC(C)C(N)c1ccc(-c2ccc(C(C)(C)C)cc2)s1. The average molecular weight is 287 g/mol. The quantitative estimate of drug-likeness (QED) is 0.807. The fraction of sp³-hybridized carbons (Fsp3) is 0.444. The van der Waals surface area contributed by atoms with Crippen LogP contribution in [0.4, 0.5) is 0 Å². The van der Waals surface area contributed by atoms with Gasteiger partial charge in [0.2, 0.25) is 0 Å². The molecule has 2 rings (SSSR count). The Kier molecular flexibility index (Phi) is 4.36. The van der Waals surface area contributed by atoms with Gasteiger partial charge in [0.05, 0.1) is 0 Å². The molecule has 0 aliphatic carbocycles. The van der Waals surface area contributed by atoms with Crippen molar-refractivity contribution >= 4 is 11.3 Å². The van der Waals surface area contributed by atoms with Crippen molar-refractivity contribution < 1.29 is 0 Å². The van der Waals surface area contributed by atoms with Gasteiger partial charge in [-0.25, -0.2) is 0 Å². The van der Waals surface area contributed by atoms with Gasteiger partial charge >= 0.3 is 0 Å². The second kappa shape index (κ2) is 5.71. The van der Waals surface area contributed by atoms with Crippen LogP contribution in [0.15, 0.2) is 36.4 Å². The molecule has 0 fully saturated rings. The summed E-state index contributed by atoms with van der Waals surface area (Å²) in [5.41, 5.74) is 9.08. The summed E-state index contributed by atoms with van der Waals surface area (Å²) in [6.45, 7) is 11.1. The van der Waals surface area contributed by atoms with Crippen LogP contribution in [0.2, 0.25) is 0 Å². The van der Waals surface area contributed by atoms with Gasteiger partial charge in [0.25, 0.3) is 0 Å². The van der Waals surface area contributed by atoms with E-state index in [0.29, 0.717) is 5.92 Å². The minimum atomic E-state index is 0.141. The molecule has 108 valence electrons. The summed E-state index contributed by atoms with van der Waals surface area (Å²) in [5, 5.41) is 0. The zero-order valence-corrected chi connectivity index (χ0v) is 13.9. The van der Waals surface area contributed by atoms with Gasteiger partial charge in [0.15, 0.2) is 0 Å². The van der Waals surface area contributed by atoms with E-state index in [2.05, 4.69) is 71.0 Å². The molecule has 2 N–H and O–H groups in total. The van der Waals surface area contributed by atoms with E-state index >= 15 is 0 Å². The van der Waals surface area contributed by atoms with Crippen molar-refractivity contribution in [3.8, 4) is 10.4 Å². The Morgan fingerprint density at radius 2 is 1.55 bits per heavy atom. The van der Waals surface area contributed by atoms with Gasteiger partial charge in [-0.15, -0.1) is 11.3 Å². The van der Waals surface area contributed by atoms with E-state index in [9.17, 15) is 0 Å². The Labute approximate surface area is 126 Å². The largest absolute Gasteiger partial charge is 0.323 e. The first-order valence-corrected chi connectivity index (χ1v) is 8.07. The molecule has 0 amide bonds. The summed E-state index contributed by atoms with van der Waals surface area (Å²) in [7, 11) is 0. The number of hydrogen-bond donors (Lipinski definition) is 1. The summed E-state index contributed by atoms with van der Waals surface area (Å²) in [6, 6.07) is 13.4. The van der Waals surface area contributed by atoms with Gasteiger partial charge in [-0.1, -0.05) is 58.9 Å². The number of nitrogens with two attached hydrogens (primary N) is 1. The summed E-state index contributed by atoms with van der Waals surface area (Å²) in [6.07, 6.45) is 0. The normalized spacial score (nSPS) is 13.8. The van der Waals surface area contributed by atoms with Crippen LogP contribution in [0.3, 0.4) is 0 Å². The Morgan fingerprint density at radius 3 is 2.05 bits per heavy atom. The van der Waals surface area contributed by atoms with Crippen molar-refractivity contribution in [3.05, 3.63) is 46.8 Å². The van der Waals surface area contributed by atoms with Crippen molar-refractivity contribution in [2.75, 3.05) is 0 Å². The third-order valence-electron chi connectivity index (χ3n) is 3.71. The molecule has 0 bridgehead atoms. The lowest BCUT2D eigenvalue weighted by molar-refractivity contribution is 0.521. The third kappa shape index (κ3) is 3.31. The fourth-order valence-corrected chi connectivity index (χ4v) is 3.34. The Morgan fingerprint density at radius 1 is 0.950 bits per heavy atom. The zero-order chi connectivity index (χ0) is 14.9. The predicted molar refractivity (Wildman–Crippen MR) is 90.2 cm³/mol. The predicted octanol–water partition coefficient (Wildman–Crippen LogP) is 5.37. The number of hydrogen-bond acceptors (Lipinski definition) is 2. The van der Waals surface area contributed by atoms with E-state index in [1.54, 1.807) is 0 Å². The highest BCUT2D eigenvalue weighted by molar-refractivity contribution is 7.15. The summed E-state index contributed by atoms with van der Waals surface area (Å²) >= 11 is 1.81. The molecule has 1 nitrogen and oxygen atoms in total. The van der Waals surface area contributed by atoms with Crippen LogP contribution in [-0.2, 0) is 5.41 Å². The van der Waals surface area contributed by atoms with Crippen LogP contribution >= 0.6 is 11.3 Å². The molecule has 2 aromatic rings. The Bertz CT molecular complexity index is 558. The molecule has 1 aromatic carbocycles. The number of benzene rings is 1. The monoisotopic (exact) mass is 287 g/mol. The summed E-state index contributed by atoms with van der Waals surface area (Å²) in [4.78, 5) is 2.58. The van der Waals surface area contributed by atoms with Crippen LogP contribution < -0.4 is 5.73 Å². The lowest BCUT2D eigenvalue weighted by Crippen LogP contribution is -2.14. The molecule has 0 saturated carbocycles. The second-order valence-corrected chi connectivity index (χ2v) is 7.91. The lowest BCUT2D eigenvalue weighted by Gasteiger charge is -2.19. The van der Waals surface area contributed by atoms with Gasteiger partial charge in [-0.3, -0.25) is 0 Å². The van der Waals surface area contributed by atoms with Crippen molar-refractivity contribution in [1.29, 1.82) is 0 Å². The molecular weight excluding hydrogens is 262 g/mol. The standard InChI is InChI=1S/C18H25NS/c1-12(2)17(19)16-11-10-15(20-16)13-6-8-14(9-7-13)18(3,4)5/h6-12,17H,19H2,1-5H3. The highest BCUT2D eigenvalue weighted by Crippen LogP contribution is 2.34.